The fourth-order valence-corrected chi connectivity index (χ4v) is 4.72. The van der Waals surface area contributed by atoms with Crippen LogP contribution in [-0.2, 0) is 4.79 Å². The van der Waals surface area contributed by atoms with Gasteiger partial charge in [-0.05, 0) is 38.4 Å². The highest BCUT2D eigenvalue weighted by molar-refractivity contribution is 7.99. The molecule has 0 spiro atoms. The van der Waals surface area contributed by atoms with Crippen LogP contribution in [0.3, 0.4) is 0 Å². The predicted molar refractivity (Wildman–Crippen MR) is 84.7 cm³/mol. The Morgan fingerprint density at radius 3 is 2.76 bits per heavy atom. The third kappa shape index (κ3) is 3.15. The van der Waals surface area contributed by atoms with E-state index in [2.05, 4.69) is 11.6 Å². The number of carboxylic acid groups (broad SMARTS) is 1. The molecule has 0 aromatic rings. The van der Waals surface area contributed by atoms with E-state index < -0.39 is 11.5 Å². The van der Waals surface area contributed by atoms with E-state index >= 15 is 0 Å². The van der Waals surface area contributed by atoms with Crippen molar-refractivity contribution in [3.8, 4) is 0 Å². The molecule has 1 heterocycles. The second kappa shape index (κ2) is 6.90. The smallest absolute Gasteiger partial charge is 0.329 e. The van der Waals surface area contributed by atoms with Gasteiger partial charge in [0.15, 0.2) is 0 Å². The van der Waals surface area contributed by atoms with Crippen LogP contribution >= 0.6 is 11.8 Å². The number of likely N-dealkylation sites (tertiary alicyclic amines) is 1. The molecule has 2 fully saturated rings. The Balaban J connectivity index is 2.08. The molecule has 1 aliphatic carbocycles. The molecule has 1 saturated heterocycles. The fraction of sp³-hybridized carbons (Fsp3) is 0.867. The molecule has 1 saturated carbocycles. The summed E-state index contributed by atoms with van der Waals surface area (Å²) in [6, 6.07) is -0.00415. The first-order valence-corrected chi connectivity index (χ1v) is 9.18. The quantitative estimate of drug-likeness (QED) is 0.818. The molecule has 3 unspecified atom stereocenters. The average Bonchev–Trinajstić information content (AvgIpc) is 3.06. The third-order valence-electron chi connectivity index (χ3n) is 4.86. The van der Waals surface area contributed by atoms with Crippen molar-refractivity contribution < 1.29 is 14.7 Å². The molecule has 0 radical (unpaired) electrons. The number of rotatable bonds is 5. The Morgan fingerprint density at radius 2 is 2.14 bits per heavy atom. The molecule has 120 valence electrons. The van der Waals surface area contributed by atoms with E-state index in [-0.39, 0.29) is 12.1 Å². The highest BCUT2D eigenvalue weighted by atomic mass is 32.2. The van der Waals surface area contributed by atoms with Crippen molar-refractivity contribution in [2.75, 3.05) is 12.8 Å². The van der Waals surface area contributed by atoms with Gasteiger partial charge in [0.2, 0.25) is 0 Å². The largest absolute Gasteiger partial charge is 0.479 e. The van der Waals surface area contributed by atoms with E-state index in [0.717, 1.165) is 32.1 Å². The van der Waals surface area contributed by atoms with E-state index in [1.807, 2.05) is 6.92 Å². The molecular formula is C15H26N2O3S. The highest BCUT2D eigenvalue weighted by Crippen LogP contribution is 2.35. The molecule has 21 heavy (non-hydrogen) atoms. The minimum Gasteiger partial charge on any atom is -0.479 e. The first-order chi connectivity index (χ1) is 10.0. The van der Waals surface area contributed by atoms with Gasteiger partial charge in [0, 0.05) is 17.8 Å². The number of amides is 2. The van der Waals surface area contributed by atoms with Gasteiger partial charge in [-0.15, -0.1) is 0 Å². The van der Waals surface area contributed by atoms with Gasteiger partial charge in [-0.3, -0.25) is 0 Å². The molecule has 1 aliphatic heterocycles. The standard InChI is InChI=1S/C15H26N2O3S/c1-3-8-15(13(18)19)9-5-10-17(15)14(20)16-11-6-4-7-12(11)21-2/h11-12H,3-10H2,1-2H3,(H,16,20)(H,18,19). The van der Waals surface area contributed by atoms with Gasteiger partial charge in [0.1, 0.15) is 5.54 Å². The molecular weight excluding hydrogens is 288 g/mol. The van der Waals surface area contributed by atoms with Crippen LogP contribution in [0.15, 0.2) is 0 Å². The van der Waals surface area contributed by atoms with E-state index in [0.29, 0.717) is 24.6 Å². The van der Waals surface area contributed by atoms with Crippen LogP contribution < -0.4 is 5.32 Å². The minimum atomic E-state index is -0.994. The lowest BCUT2D eigenvalue weighted by Gasteiger charge is -2.35. The van der Waals surface area contributed by atoms with Crippen molar-refractivity contribution >= 4 is 23.8 Å². The summed E-state index contributed by atoms with van der Waals surface area (Å²) < 4.78 is 0. The van der Waals surface area contributed by atoms with Crippen molar-refractivity contribution in [2.24, 2.45) is 0 Å². The zero-order valence-electron chi connectivity index (χ0n) is 12.9. The summed E-state index contributed by atoms with van der Waals surface area (Å²) in [5.41, 5.74) is -0.994. The van der Waals surface area contributed by atoms with Crippen LogP contribution in [0.1, 0.15) is 51.9 Å². The first kappa shape index (κ1) is 16.5. The zero-order chi connectivity index (χ0) is 15.5. The van der Waals surface area contributed by atoms with Crippen LogP contribution in [-0.4, -0.2) is 51.6 Å². The predicted octanol–water partition coefficient (Wildman–Crippen LogP) is 2.70. The number of thioether (sulfide) groups is 1. The van der Waals surface area contributed by atoms with Gasteiger partial charge in [0.25, 0.3) is 0 Å². The highest BCUT2D eigenvalue weighted by Gasteiger charge is 2.49. The molecule has 2 rings (SSSR count). The topological polar surface area (TPSA) is 69.6 Å². The Bertz CT molecular complexity index is 404. The van der Waals surface area contributed by atoms with Crippen LogP contribution in [0.25, 0.3) is 0 Å². The van der Waals surface area contributed by atoms with Crippen molar-refractivity contribution in [1.82, 2.24) is 10.2 Å². The van der Waals surface area contributed by atoms with Crippen LogP contribution in [0.2, 0.25) is 0 Å². The number of carbonyl (C=O) groups is 2. The Kier molecular flexibility index (Phi) is 5.41. The molecule has 2 N–H and O–H groups in total. The monoisotopic (exact) mass is 314 g/mol. The van der Waals surface area contributed by atoms with E-state index in [4.69, 9.17) is 0 Å². The molecule has 0 bridgehead atoms. The number of hydrogen-bond donors (Lipinski definition) is 2. The molecule has 5 nitrogen and oxygen atoms in total. The first-order valence-electron chi connectivity index (χ1n) is 7.89. The average molecular weight is 314 g/mol. The SMILES string of the molecule is CCCC1(C(=O)O)CCCN1C(=O)NC1CCCC1SC. The summed E-state index contributed by atoms with van der Waals surface area (Å²) >= 11 is 1.79. The Labute approximate surface area is 130 Å². The van der Waals surface area contributed by atoms with Crippen molar-refractivity contribution in [1.29, 1.82) is 0 Å². The molecule has 6 heteroatoms. The molecule has 0 aromatic carbocycles. The van der Waals surface area contributed by atoms with Gasteiger partial charge in [-0.25, -0.2) is 9.59 Å². The van der Waals surface area contributed by atoms with Gasteiger partial charge in [0.05, 0.1) is 0 Å². The third-order valence-corrected chi connectivity index (χ3v) is 6.03. The van der Waals surface area contributed by atoms with E-state index in [9.17, 15) is 14.7 Å². The summed E-state index contributed by atoms with van der Waals surface area (Å²) in [5.74, 6) is -0.857. The maximum atomic E-state index is 12.6. The second-order valence-electron chi connectivity index (χ2n) is 6.10. The van der Waals surface area contributed by atoms with Crippen molar-refractivity contribution in [3.05, 3.63) is 0 Å². The molecule has 3 atom stereocenters. The number of carbonyl (C=O) groups excluding carboxylic acids is 1. The fourth-order valence-electron chi connectivity index (χ4n) is 3.79. The molecule has 2 aliphatic rings. The number of nitrogens with zero attached hydrogens (tertiary/aromatic N) is 1. The van der Waals surface area contributed by atoms with Gasteiger partial charge < -0.3 is 15.3 Å². The maximum absolute atomic E-state index is 12.6. The van der Waals surface area contributed by atoms with Crippen LogP contribution in [0, 0.1) is 0 Å². The molecule has 2 amide bonds. The molecule has 0 aromatic heterocycles. The number of aliphatic carboxylic acids is 1. The summed E-state index contributed by atoms with van der Waals surface area (Å²) in [6.45, 7) is 2.52. The Morgan fingerprint density at radius 1 is 1.38 bits per heavy atom. The lowest BCUT2D eigenvalue weighted by Crippen LogP contribution is -2.57. The lowest BCUT2D eigenvalue weighted by molar-refractivity contribution is -0.148. The van der Waals surface area contributed by atoms with E-state index in [1.54, 1.807) is 16.7 Å². The van der Waals surface area contributed by atoms with Gasteiger partial charge in [-0.1, -0.05) is 19.8 Å². The summed E-state index contributed by atoms with van der Waals surface area (Å²) in [4.78, 5) is 25.9. The van der Waals surface area contributed by atoms with Gasteiger partial charge >= 0.3 is 12.0 Å². The maximum Gasteiger partial charge on any atom is 0.329 e. The summed E-state index contributed by atoms with van der Waals surface area (Å²) in [7, 11) is 0. The number of nitrogens with one attached hydrogen (secondary N) is 1. The van der Waals surface area contributed by atoms with Crippen LogP contribution in [0.4, 0.5) is 4.79 Å². The number of urea groups is 1. The summed E-state index contributed by atoms with van der Waals surface area (Å²) in [6.07, 6.45) is 7.99. The van der Waals surface area contributed by atoms with Crippen molar-refractivity contribution in [2.45, 2.75) is 68.7 Å². The second-order valence-corrected chi connectivity index (χ2v) is 7.18. The lowest BCUT2D eigenvalue weighted by atomic mass is 9.91. The number of carboxylic acids is 1. The zero-order valence-corrected chi connectivity index (χ0v) is 13.7. The minimum absolute atomic E-state index is 0.182. The van der Waals surface area contributed by atoms with Gasteiger partial charge in [-0.2, -0.15) is 11.8 Å². The van der Waals surface area contributed by atoms with Crippen LogP contribution in [0.5, 0.6) is 0 Å². The Hall–Kier alpha value is -0.910. The summed E-state index contributed by atoms with van der Waals surface area (Å²) in [5, 5.41) is 13.2. The van der Waals surface area contributed by atoms with Crippen molar-refractivity contribution in [3.63, 3.8) is 0 Å². The normalized spacial score (nSPS) is 32.4. The van der Waals surface area contributed by atoms with E-state index in [1.165, 1.54) is 0 Å². The number of hydrogen-bond acceptors (Lipinski definition) is 3.